The van der Waals surface area contributed by atoms with Crippen molar-refractivity contribution in [2.24, 2.45) is 52.3 Å². The largest absolute Gasteiger partial charge is 0.481 e. The molecule has 3 N–H and O–H groups in total. The van der Waals surface area contributed by atoms with Crippen molar-refractivity contribution in [1.29, 1.82) is 0 Å². The summed E-state index contributed by atoms with van der Waals surface area (Å²) in [6, 6.07) is 0. The first-order valence-corrected chi connectivity index (χ1v) is 12.2. The minimum Gasteiger partial charge on any atom is -0.481 e. The molecular weight excluding hydrogens is 364 g/mol. The van der Waals surface area contributed by atoms with Crippen molar-refractivity contribution in [1.82, 2.24) is 0 Å². The maximum absolute atomic E-state index is 11.5. The second-order valence-electron chi connectivity index (χ2n) is 11.8. The fourth-order valence-electron chi connectivity index (χ4n) is 9.18. The lowest BCUT2D eigenvalue weighted by molar-refractivity contribution is -0.199. The second-order valence-corrected chi connectivity index (χ2v) is 11.8. The summed E-state index contributed by atoms with van der Waals surface area (Å²) in [7, 11) is 0. The Hall–Kier alpha value is -0.610. The molecule has 0 amide bonds. The number of carboxylic acid groups (broad SMARTS) is 1. The van der Waals surface area contributed by atoms with Gasteiger partial charge in [-0.05, 0) is 104 Å². The van der Waals surface area contributed by atoms with Crippen LogP contribution >= 0.6 is 0 Å². The lowest BCUT2D eigenvalue weighted by Crippen LogP contribution is -2.61. The molecule has 0 aliphatic heterocycles. The summed E-state index contributed by atoms with van der Waals surface area (Å²) in [6.07, 6.45) is 8.22. The first-order chi connectivity index (χ1) is 13.6. The topological polar surface area (TPSA) is 77.8 Å². The maximum atomic E-state index is 11.5. The molecule has 11 atom stereocenters. The molecule has 0 aromatic carbocycles. The van der Waals surface area contributed by atoms with Gasteiger partial charge in [-0.2, -0.15) is 0 Å². The van der Waals surface area contributed by atoms with Gasteiger partial charge in [-0.3, -0.25) is 4.79 Å². The van der Waals surface area contributed by atoms with Gasteiger partial charge in [0.25, 0.3) is 0 Å². The quantitative estimate of drug-likeness (QED) is 0.631. The van der Waals surface area contributed by atoms with Crippen LogP contribution in [-0.2, 0) is 4.79 Å². The molecule has 0 spiro atoms. The monoisotopic (exact) mass is 406 g/mol. The molecule has 4 aliphatic rings. The molecule has 1 unspecified atom stereocenters. The Morgan fingerprint density at radius 3 is 2.34 bits per heavy atom. The van der Waals surface area contributed by atoms with E-state index in [4.69, 9.17) is 5.11 Å². The summed E-state index contributed by atoms with van der Waals surface area (Å²) in [5.74, 6) is 2.50. The van der Waals surface area contributed by atoms with Gasteiger partial charge in [0.1, 0.15) is 0 Å². The van der Waals surface area contributed by atoms with Gasteiger partial charge in [0, 0.05) is 6.42 Å². The normalized spacial score (nSPS) is 52.9. The molecule has 0 radical (unpaired) electrons. The van der Waals surface area contributed by atoms with Gasteiger partial charge in [-0.25, -0.2) is 0 Å². The Morgan fingerprint density at radius 1 is 1.00 bits per heavy atom. The van der Waals surface area contributed by atoms with E-state index in [0.29, 0.717) is 35.5 Å². The van der Waals surface area contributed by atoms with E-state index in [1.807, 2.05) is 0 Å². The van der Waals surface area contributed by atoms with Crippen LogP contribution in [0.4, 0.5) is 0 Å². The Balaban J connectivity index is 1.59. The Labute approximate surface area is 176 Å². The highest BCUT2D eigenvalue weighted by Crippen LogP contribution is 2.69. The van der Waals surface area contributed by atoms with E-state index >= 15 is 0 Å². The average molecular weight is 407 g/mol. The van der Waals surface area contributed by atoms with E-state index < -0.39 is 5.97 Å². The molecule has 4 aliphatic carbocycles. The highest BCUT2D eigenvalue weighted by Gasteiger charge is 2.64. The lowest BCUT2D eigenvalue weighted by Gasteiger charge is -2.64. The van der Waals surface area contributed by atoms with Gasteiger partial charge in [-0.15, -0.1) is 0 Å². The van der Waals surface area contributed by atoms with Crippen molar-refractivity contribution in [2.75, 3.05) is 0 Å². The zero-order valence-electron chi connectivity index (χ0n) is 18.8. The minimum absolute atomic E-state index is 0.195. The zero-order chi connectivity index (χ0) is 21.1. The first-order valence-electron chi connectivity index (χ1n) is 12.2. The van der Waals surface area contributed by atoms with Gasteiger partial charge >= 0.3 is 5.97 Å². The molecule has 4 nitrogen and oxygen atoms in total. The fraction of sp³-hybridized carbons (Fsp3) is 0.960. The summed E-state index contributed by atoms with van der Waals surface area (Å²) in [5.41, 5.74) is 0.480. The van der Waals surface area contributed by atoms with Crippen molar-refractivity contribution in [3.8, 4) is 0 Å². The van der Waals surface area contributed by atoms with Crippen LogP contribution in [0.25, 0.3) is 0 Å². The smallest absolute Gasteiger partial charge is 0.303 e. The van der Waals surface area contributed by atoms with Gasteiger partial charge in [0.2, 0.25) is 0 Å². The van der Waals surface area contributed by atoms with Crippen LogP contribution in [-0.4, -0.2) is 33.5 Å². The molecule has 0 aromatic heterocycles. The van der Waals surface area contributed by atoms with Crippen molar-refractivity contribution in [2.45, 2.75) is 97.7 Å². The molecule has 4 saturated carbocycles. The molecule has 166 valence electrons. The van der Waals surface area contributed by atoms with Gasteiger partial charge < -0.3 is 15.3 Å². The standard InChI is InChI=1S/C25H42O4/c1-14(5-8-21(27)28)17-6-7-18-22-19(10-12-24(17,18)3)25(4)11-9-16(26)13-20(25)15(2)23(22)29/h14-20,22-23,26,29H,5-13H2,1-4H3,(H,27,28)/t14-,15-,16-,17-,18+,19+,20?,22+,23-,24-,25-/m1/s1. The van der Waals surface area contributed by atoms with E-state index in [9.17, 15) is 15.0 Å². The number of carbonyl (C=O) groups is 1. The van der Waals surface area contributed by atoms with E-state index in [1.165, 1.54) is 25.7 Å². The van der Waals surface area contributed by atoms with Crippen molar-refractivity contribution >= 4 is 5.97 Å². The van der Waals surface area contributed by atoms with E-state index in [2.05, 4.69) is 27.7 Å². The van der Waals surface area contributed by atoms with Crippen LogP contribution in [0, 0.1) is 52.3 Å². The zero-order valence-corrected chi connectivity index (χ0v) is 18.8. The van der Waals surface area contributed by atoms with Gasteiger partial charge in [0.15, 0.2) is 0 Å². The summed E-state index contributed by atoms with van der Waals surface area (Å²) < 4.78 is 0. The minimum atomic E-state index is -0.685. The van der Waals surface area contributed by atoms with Gasteiger partial charge in [0.05, 0.1) is 12.2 Å². The molecular formula is C25H42O4. The van der Waals surface area contributed by atoms with Gasteiger partial charge in [-0.1, -0.05) is 27.7 Å². The van der Waals surface area contributed by atoms with Crippen LogP contribution in [0.5, 0.6) is 0 Å². The molecule has 4 rings (SSSR count). The van der Waals surface area contributed by atoms with Crippen LogP contribution < -0.4 is 0 Å². The summed E-state index contributed by atoms with van der Waals surface area (Å²) >= 11 is 0. The van der Waals surface area contributed by atoms with Crippen molar-refractivity contribution in [3.63, 3.8) is 0 Å². The average Bonchev–Trinajstić information content (AvgIpc) is 3.02. The molecule has 0 heterocycles. The number of carboxylic acids is 1. The molecule has 4 heteroatoms. The number of hydrogen-bond donors (Lipinski definition) is 3. The summed E-state index contributed by atoms with van der Waals surface area (Å²) in [6.45, 7) is 9.41. The predicted octanol–water partition coefficient (Wildman–Crippen LogP) is 4.72. The Kier molecular flexibility index (Phi) is 5.60. The summed E-state index contributed by atoms with van der Waals surface area (Å²) in [5, 5.41) is 31.0. The van der Waals surface area contributed by atoms with Crippen LogP contribution in [0.3, 0.4) is 0 Å². The number of fused-ring (bicyclic) bond motifs is 5. The number of aliphatic carboxylic acids is 1. The van der Waals surface area contributed by atoms with E-state index in [0.717, 1.165) is 25.7 Å². The third-order valence-corrected chi connectivity index (χ3v) is 10.7. The SMILES string of the molecule is C[C@H](CCC(=O)O)[C@H]1CC[C@H]2[C@@H]3[C@H](O)[C@H](C)C4C[C@H](O)CC[C@]4(C)[C@H]3CC[C@]12C. The number of aliphatic hydroxyl groups is 2. The Morgan fingerprint density at radius 2 is 1.66 bits per heavy atom. The molecule has 4 fully saturated rings. The number of aliphatic hydroxyl groups excluding tert-OH is 2. The first kappa shape index (κ1) is 21.6. The fourth-order valence-corrected chi connectivity index (χ4v) is 9.18. The Bertz CT molecular complexity index is 634. The van der Waals surface area contributed by atoms with E-state index in [1.54, 1.807) is 0 Å². The molecule has 29 heavy (non-hydrogen) atoms. The number of hydrogen-bond acceptors (Lipinski definition) is 3. The third kappa shape index (κ3) is 3.28. The van der Waals surface area contributed by atoms with Crippen LogP contribution in [0.15, 0.2) is 0 Å². The molecule has 0 bridgehead atoms. The molecule has 0 aromatic rings. The number of rotatable bonds is 4. The molecule has 0 saturated heterocycles. The summed E-state index contributed by atoms with van der Waals surface area (Å²) in [4.78, 5) is 11.1. The van der Waals surface area contributed by atoms with Crippen LogP contribution in [0.1, 0.15) is 85.5 Å². The predicted molar refractivity (Wildman–Crippen MR) is 113 cm³/mol. The van der Waals surface area contributed by atoms with E-state index in [-0.39, 0.29) is 35.4 Å². The lowest BCUT2D eigenvalue weighted by atomic mass is 9.42. The highest BCUT2D eigenvalue weighted by atomic mass is 16.4. The van der Waals surface area contributed by atoms with Crippen LogP contribution in [0.2, 0.25) is 0 Å². The van der Waals surface area contributed by atoms with Crippen molar-refractivity contribution < 1.29 is 20.1 Å². The third-order valence-electron chi connectivity index (χ3n) is 10.7. The second kappa shape index (κ2) is 7.51. The highest BCUT2D eigenvalue weighted by molar-refractivity contribution is 5.66. The maximum Gasteiger partial charge on any atom is 0.303 e. The van der Waals surface area contributed by atoms with Crippen molar-refractivity contribution in [3.05, 3.63) is 0 Å².